The van der Waals surface area contributed by atoms with Crippen LogP contribution >= 0.6 is 11.6 Å². The van der Waals surface area contributed by atoms with E-state index in [2.05, 4.69) is 26.4 Å². The Kier molecular flexibility index (Phi) is 13.3. The number of rotatable bonds is 11. The number of phenolic OH excluding ortho intramolecular Hbond substituents is 1. The number of hydrogen-bond donors (Lipinski definition) is 7. The minimum Gasteiger partial charge on any atom is -0.507 e. The Labute approximate surface area is 408 Å². The largest absolute Gasteiger partial charge is 0.507 e. The van der Waals surface area contributed by atoms with Gasteiger partial charge in [-0.15, -0.1) is 6.42 Å². The highest BCUT2D eigenvalue weighted by atomic mass is 35.5. The number of aliphatic hydroxyl groups is 1. The van der Waals surface area contributed by atoms with Crippen LogP contribution in [0, 0.1) is 23.2 Å². The summed E-state index contributed by atoms with van der Waals surface area (Å²) in [5.41, 5.74) is 18.3. The number of nitrogens with one attached hydrogen (secondary N) is 3. The Bertz CT molecular complexity index is 2650. The van der Waals surface area contributed by atoms with Crippen molar-refractivity contribution in [3.05, 3.63) is 99.0 Å². The summed E-state index contributed by atoms with van der Waals surface area (Å²) in [5, 5.41) is 27.6. The summed E-state index contributed by atoms with van der Waals surface area (Å²) in [6.07, 6.45) is 17.1. The fourth-order valence-corrected chi connectivity index (χ4v) is 11.6. The lowest BCUT2D eigenvalue weighted by Crippen LogP contribution is -2.70. The van der Waals surface area contributed by atoms with Gasteiger partial charge in [0.2, 0.25) is 17.8 Å². The van der Waals surface area contributed by atoms with Gasteiger partial charge in [0, 0.05) is 102 Å². The molecule has 16 nitrogen and oxygen atoms in total. The number of para-hydroxylation sites is 1. The van der Waals surface area contributed by atoms with Crippen LogP contribution < -0.4 is 27.0 Å². The molecule has 0 radical (unpaired) electrons. The molecule has 0 bridgehead atoms. The van der Waals surface area contributed by atoms with E-state index >= 15 is 0 Å². The van der Waals surface area contributed by atoms with Crippen molar-refractivity contribution in [1.29, 1.82) is 0 Å². The van der Waals surface area contributed by atoms with Gasteiger partial charge in [0.25, 0.3) is 0 Å². The summed E-state index contributed by atoms with van der Waals surface area (Å²) < 4.78 is 0. The number of nitrogens with zero attached hydrogens (tertiary/aromatic N) is 6. The van der Waals surface area contributed by atoms with Gasteiger partial charge in [0.05, 0.1) is 12.6 Å². The number of likely N-dealkylation sites (tertiary alicyclic amines) is 3. The molecule has 1 spiro atoms. The van der Waals surface area contributed by atoms with E-state index in [1.807, 2.05) is 43.0 Å². The molecule has 5 aliphatic rings. The molecule has 1 aliphatic carbocycles. The number of aromatic amines is 1. The molecule has 3 atom stereocenters. The first-order valence-electron chi connectivity index (χ1n) is 24.1. The molecule has 364 valence electrons. The number of urea groups is 1. The molecular weight excluding hydrogens is 894 g/mol. The van der Waals surface area contributed by atoms with Crippen molar-refractivity contribution in [2.45, 2.75) is 102 Å². The number of nitrogens with two attached hydrogens (primary N) is 2. The van der Waals surface area contributed by atoms with Gasteiger partial charge in [-0.1, -0.05) is 56.5 Å². The van der Waals surface area contributed by atoms with Crippen molar-refractivity contribution in [3.63, 3.8) is 0 Å². The second-order valence-electron chi connectivity index (χ2n) is 20.8. The summed E-state index contributed by atoms with van der Waals surface area (Å²) in [5.74, 6) is 3.46. The molecular formula is C52H64ClN11O5. The van der Waals surface area contributed by atoms with Gasteiger partial charge >= 0.3 is 6.03 Å². The topological polar surface area (TPSA) is 222 Å². The lowest BCUT2D eigenvalue weighted by molar-refractivity contribution is -0.142. The number of piperidine rings is 1. The first-order valence-corrected chi connectivity index (χ1v) is 24.5. The van der Waals surface area contributed by atoms with E-state index < -0.39 is 23.5 Å². The molecule has 9 rings (SSSR count). The van der Waals surface area contributed by atoms with Gasteiger partial charge in [0.1, 0.15) is 23.7 Å². The Morgan fingerprint density at radius 2 is 1.78 bits per heavy atom. The number of fused-ring (bicyclic) bond motifs is 1. The van der Waals surface area contributed by atoms with Gasteiger partial charge in [-0.05, 0) is 104 Å². The summed E-state index contributed by atoms with van der Waals surface area (Å²) in [4.78, 5) is 62.3. The molecule has 4 fully saturated rings. The van der Waals surface area contributed by atoms with Crippen LogP contribution in [0.5, 0.6) is 5.75 Å². The van der Waals surface area contributed by atoms with E-state index in [4.69, 9.17) is 39.5 Å². The first-order chi connectivity index (χ1) is 33.1. The maximum absolute atomic E-state index is 14.2. The summed E-state index contributed by atoms with van der Waals surface area (Å²) in [6.45, 7) is 10.2. The summed E-state index contributed by atoms with van der Waals surface area (Å²) in [7, 11) is 0. The molecule has 4 aliphatic heterocycles. The zero-order valence-electron chi connectivity index (χ0n) is 39.7. The second-order valence-corrected chi connectivity index (χ2v) is 21.2. The van der Waals surface area contributed by atoms with E-state index in [0.717, 1.165) is 61.2 Å². The fraction of sp³-hybridized carbons (Fsp3) is 0.481. The molecule has 17 heteroatoms. The molecule has 2 aromatic carbocycles. The van der Waals surface area contributed by atoms with Crippen LogP contribution in [-0.4, -0.2) is 122 Å². The monoisotopic (exact) mass is 957 g/mol. The third-order valence-corrected chi connectivity index (χ3v) is 15.5. The van der Waals surface area contributed by atoms with Crippen molar-refractivity contribution < 1.29 is 24.6 Å². The van der Waals surface area contributed by atoms with E-state index in [9.17, 15) is 24.6 Å². The lowest BCUT2D eigenvalue weighted by atomic mass is 9.60. The van der Waals surface area contributed by atoms with Crippen LogP contribution in [0.15, 0.2) is 54.9 Å². The van der Waals surface area contributed by atoms with E-state index in [0.29, 0.717) is 96.6 Å². The number of halogens is 1. The van der Waals surface area contributed by atoms with Crippen LogP contribution in [0.1, 0.15) is 110 Å². The van der Waals surface area contributed by atoms with Gasteiger partial charge in [-0.3, -0.25) is 9.59 Å². The number of anilines is 2. The molecule has 4 amide bonds. The van der Waals surface area contributed by atoms with Crippen LogP contribution in [-0.2, 0) is 22.6 Å². The average molecular weight is 959 g/mol. The molecule has 3 saturated heterocycles. The summed E-state index contributed by atoms with van der Waals surface area (Å²) >= 11 is 6.39. The average Bonchev–Trinajstić information content (AvgIpc) is 3.93. The Morgan fingerprint density at radius 3 is 2.45 bits per heavy atom. The minimum absolute atomic E-state index is 0.0723. The van der Waals surface area contributed by atoms with Crippen molar-refractivity contribution in [3.8, 4) is 18.1 Å². The van der Waals surface area contributed by atoms with Gasteiger partial charge < -0.3 is 56.9 Å². The van der Waals surface area contributed by atoms with Crippen molar-refractivity contribution in [2.75, 3.05) is 56.5 Å². The highest BCUT2D eigenvalue weighted by Gasteiger charge is 2.56. The quantitative estimate of drug-likeness (QED) is 0.0950. The predicted molar refractivity (Wildman–Crippen MR) is 267 cm³/mol. The number of benzene rings is 2. The number of aromatic nitrogens is 3. The number of phenols is 1. The fourth-order valence-electron chi connectivity index (χ4n) is 11.3. The number of terminal acetylenes is 1. The van der Waals surface area contributed by atoms with Gasteiger partial charge in [-0.25, -0.2) is 14.8 Å². The standard InChI is InChI=1S/C52H64ClN11O5/c1-5-31-12-13-33(38(53)21-31)25-56-47(67)41-10-8-17-63(41)48(68)45(51(2,3)4)60-50(69)62-29-52(30-62)23-35(24-52)61-18-14-32(15-19-61)34-26-57-49(58-27-34)64-20-16-40-44(42(64)28-65)37(46(55)59-40)22-39(54)36-9-6-7-11-43(36)66/h1,6-7,9,11-13,21-22,26-27,32,35,41-42,45,59,65-66H,8,10,14-20,23-25,28-30,54-55H2,2-4H3,(H,56,67)(H,60,69)/b39-22-. The highest BCUT2D eigenvalue weighted by molar-refractivity contribution is 6.31. The predicted octanol–water partition coefficient (Wildman–Crippen LogP) is 5.36. The normalized spacial score (nSPS) is 21.3. The van der Waals surface area contributed by atoms with Crippen LogP contribution in [0.3, 0.4) is 0 Å². The Balaban J connectivity index is 0.744. The van der Waals surface area contributed by atoms with Crippen molar-refractivity contribution in [1.82, 2.24) is 40.3 Å². The zero-order chi connectivity index (χ0) is 48.8. The number of hydrogen-bond acceptors (Lipinski definition) is 11. The zero-order valence-corrected chi connectivity index (χ0v) is 40.4. The van der Waals surface area contributed by atoms with Crippen LogP contribution in [0.4, 0.5) is 16.6 Å². The number of carbonyl (C=O) groups is 3. The maximum Gasteiger partial charge on any atom is 0.318 e. The highest BCUT2D eigenvalue weighted by Crippen LogP contribution is 2.51. The van der Waals surface area contributed by atoms with Crippen molar-refractivity contribution in [2.24, 2.45) is 16.6 Å². The lowest BCUT2D eigenvalue weighted by Gasteiger charge is -2.61. The van der Waals surface area contributed by atoms with E-state index in [1.165, 1.54) is 0 Å². The van der Waals surface area contributed by atoms with Gasteiger partial charge in [0.15, 0.2) is 0 Å². The molecule has 2 aromatic heterocycles. The first kappa shape index (κ1) is 47.8. The van der Waals surface area contributed by atoms with E-state index in [1.54, 1.807) is 53.4 Å². The minimum atomic E-state index is -0.799. The maximum atomic E-state index is 14.2. The van der Waals surface area contributed by atoms with E-state index in [-0.39, 0.29) is 42.2 Å². The van der Waals surface area contributed by atoms with Crippen LogP contribution in [0.25, 0.3) is 11.8 Å². The van der Waals surface area contributed by atoms with Gasteiger partial charge in [-0.2, -0.15) is 0 Å². The number of carbonyl (C=O) groups excluding carboxylic acids is 3. The Hall–Kier alpha value is -6.28. The number of amides is 4. The number of H-pyrrole nitrogens is 1. The second kappa shape index (κ2) is 19.3. The molecule has 6 heterocycles. The molecule has 3 unspecified atom stereocenters. The van der Waals surface area contributed by atoms with Crippen molar-refractivity contribution >= 4 is 53.0 Å². The number of nitrogen functional groups attached to an aromatic ring is 1. The number of aliphatic hydroxyl groups excluding tert-OH is 1. The SMILES string of the molecule is C#Cc1ccc(CNC(=O)C2CCCN2C(=O)C(NC(=O)N2CC3(CC(N4CCC(c5cnc(N6CCc7[nH]c(N)c(/C=C(\N)c8ccccc8O)c7C6CO)nc5)CC4)C3)C2)C(C)(C)C)c(Cl)c1. The molecule has 4 aromatic rings. The molecule has 9 N–H and O–H groups in total. The third-order valence-electron chi connectivity index (χ3n) is 15.2. The van der Waals surface area contributed by atoms with Crippen LogP contribution in [0.2, 0.25) is 5.02 Å². The third kappa shape index (κ3) is 9.56. The number of aromatic hydroxyl groups is 1. The Morgan fingerprint density at radius 1 is 1.06 bits per heavy atom. The molecule has 69 heavy (non-hydrogen) atoms. The smallest absolute Gasteiger partial charge is 0.318 e. The molecule has 1 saturated carbocycles. The summed E-state index contributed by atoms with van der Waals surface area (Å²) in [6, 6.07) is 10.5.